The third-order valence-electron chi connectivity index (χ3n) is 2.24. The fourth-order valence-corrected chi connectivity index (χ4v) is 1.83. The molecule has 0 amide bonds. The summed E-state index contributed by atoms with van der Waals surface area (Å²) in [4.78, 5) is 11.2. The summed E-state index contributed by atoms with van der Waals surface area (Å²) in [7, 11) is 0. The number of benzene rings is 1. The van der Waals surface area contributed by atoms with Gasteiger partial charge in [0.1, 0.15) is 5.75 Å². The zero-order valence-electron chi connectivity index (χ0n) is 10.7. The number of hydrogen-bond acceptors (Lipinski definition) is 4. The van der Waals surface area contributed by atoms with Gasteiger partial charge in [-0.15, -0.1) is 0 Å². The van der Waals surface area contributed by atoms with Crippen molar-refractivity contribution < 1.29 is 14.3 Å². The Morgan fingerprint density at radius 3 is 2.83 bits per heavy atom. The number of carbonyl (C=O) groups is 1. The van der Waals surface area contributed by atoms with Crippen LogP contribution in [0.3, 0.4) is 0 Å². The van der Waals surface area contributed by atoms with Crippen molar-refractivity contribution in [2.45, 2.75) is 20.4 Å². The lowest BCUT2D eigenvalue weighted by atomic mass is 10.2. The third-order valence-corrected chi connectivity index (χ3v) is 2.73. The SMILES string of the molecule is CCNCc1cc(Br)ccc1OCC(=O)OCC. The minimum atomic E-state index is -0.352. The molecule has 5 heteroatoms. The van der Waals surface area contributed by atoms with Crippen molar-refractivity contribution in [3.63, 3.8) is 0 Å². The zero-order chi connectivity index (χ0) is 13.4. The lowest BCUT2D eigenvalue weighted by Gasteiger charge is -2.11. The van der Waals surface area contributed by atoms with Gasteiger partial charge in [0, 0.05) is 16.6 Å². The van der Waals surface area contributed by atoms with E-state index < -0.39 is 0 Å². The number of ether oxygens (including phenoxy) is 2. The number of carbonyl (C=O) groups excluding carboxylic acids is 1. The molecule has 0 unspecified atom stereocenters. The van der Waals surface area contributed by atoms with E-state index in [4.69, 9.17) is 9.47 Å². The highest BCUT2D eigenvalue weighted by Gasteiger charge is 2.07. The van der Waals surface area contributed by atoms with Crippen molar-refractivity contribution >= 4 is 21.9 Å². The van der Waals surface area contributed by atoms with Gasteiger partial charge in [-0.2, -0.15) is 0 Å². The molecule has 0 aliphatic carbocycles. The quantitative estimate of drug-likeness (QED) is 0.785. The van der Waals surface area contributed by atoms with Gasteiger partial charge in [-0.3, -0.25) is 0 Å². The van der Waals surface area contributed by atoms with Crippen LogP contribution in [-0.2, 0) is 16.1 Å². The molecule has 0 atom stereocenters. The van der Waals surface area contributed by atoms with E-state index in [2.05, 4.69) is 21.2 Å². The molecule has 0 aliphatic rings. The predicted molar refractivity (Wildman–Crippen MR) is 73.7 cm³/mol. The number of halogens is 1. The molecule has 0 saturated heterocycles. The summed E-state index contributed by atoms with van der Waals surface area (Å²) in [5.74, 6) is 0.349. The van der Waals surface area contributed by atoms with Gasteiger partial charge in [0.05, 0.1) is 6.61 Å². The van der Waals surface area contributed by atoms with E-state index >= 15 is 0 Å². The zero-order valence-corrected chi connectivity index (χ0v) is 12.2. The lowest BCUT2D eigenvalue weighted by molar-refractivity contribution is -0.145. The Balaban J connectivity index is 2.65. The van der Waals surface area contributed by atoms with Crippen LogP contribution in [0.1, 0.15) is 19.4 Å². The molecule has 0 radical (unpaired) electrons. The molecule has 100 valence electrons. The second-order valence-corrected chi connectivity index (χ2v) is 4.54. The minimum Gasteiger partial charge on any atom is -0.482 e. The summed E-state index contributed by atoms with van der Waals surface area (Å²) in [6.45, 7) is 5.70. The molecule has 0 spiro atoms. The van der Waals surface area contributed by atoms with E-state index in [1.807, 2.05) is 25.1 Å². The molecule has 0 aromatic heterocycles. The van der Waals surface area contributed by atoms with Crippen molar-refractivity contribution in [2.75, 3.05) is 19.8 Å². The summed E-state index contributed by atoms with van der Waals surface area (Å²) < 4.78 is 11.3. The summed E-state index contributed by atoms with van der Waals surface area (Å²) >= 11 is 3.42. The van der Waals surface area contributed by atoms with E-state index in [9.17, 15) is 4.79 Å². The maximum atomic E-state index is 11.2. The van der Waals surface area contributed by atoms with E-state index in [0.29, 0.717) is 18.9 Å². The Labute approximate surface area is 116 Å². The molecule has 18 heavy (non-hydrogen) atoms. The molecule has 1 rings (SSSR count). The molecule has 1 N–H and O–H groups in total. The van der Waals surface area contributed by atoms with Gasteiger partial charge in [0.2, 0.25) is 0 Å². The van der Waals surface area contributed by atoms with Crippen molar-refractivity contribution in [1.29, 1.82) is 0 Å². The van der Waals surface area contributed by atoms with Crippen molar-refractivity contribution in [3.05, 3.63) is 28.2 Å². The highest BCUT2D eigenvalue weighted by molar-refractivity contribution is 9.10. The van der Waals surface area contributed by atoms with Crippen molar-refractivity contribution in [1.82, 2.24) is 5.32 Å². The molecule has 0 bridgehead atoms. The van der Waals surface area contributed by atoms with E-state index in [0.717, 1.165) is 16.6 Å². The second kappa shape index (κ2) is 8.11. The predicted octanol–water partition coefficient (Wildman–Crippen LogP) is 2.50. The lowest BCUT2D eigenvalue weighted by Crippen LogP contribution is -2.17. The Hall–Kier alpha value is -1.07. The van der Waals surface area contributed by atoms with Crippen LogP contribution in [0.4, 0.5) is 0 Å². The fourth-order valence-electron chi connectivity index (χ4n) is 1.43. The largest absolute Gasteiger partial charge is 0.482 e. The van der Waals surface area contributed by atoms with Gasteiger partial charge in [0.25, 0.3) is 0 Å². The highest BCUT2D eigenvalue weighted by Crippen LogP contribution is 2.23. The number of nitrogens with one attached hydrogen (secondary N) is 1. The van der Waals surface area contributed by atoms with Crippen LogP contribution in [0, 0.1) is 0 Å². The molecule has 0 aliphatic heterocycles. The number of hydrogen-bond donors (Lipinski definition) is 1. The first-order valence-corrected chi connectivity index (χ1v) is 6.74. The highest BCUT2D eigenvalue weighted by atomic mass is 79.9. The van der Waals surface area contributed by atoms with Gasteiger partial charge < -0.3 is 14.8 Å². The minimum absolute atomic E-state index is 0.0609. The maximum Gasteiger partial charge on any atom is 0.344 e. The molecule has 0 saturated carbocycles. The summed E-state index contributed by atoms with van der Waals surface area (Å²) in [6.07, 6.45) is 0. The monoisotopic (exact) mass is 315 g/mol. The molecule has 1 aromatic carbocycles. The van der Waals surface area contributed by atoms with Gasteiger partial charge >= 0.3 is 5.97 Å². The Morgan fingerprint density at radius 1 is 1.39 bits per heavy atom. The van der Waals surface area contributed by atoms with E-state index in [-0.39, 0.29) is 12.6 Å². The summed E-state index contributed by atoms with van der Waals surface area (Å²) in [6, 6.07) is 5.70. The van der Waals surface area contributed by atoms with Crippen LogP contribution in [0.2, 0.25) is 0 Å². The van der Waals surface area contributed by atoms with E-state index in [1.165, 1.54) is 0 Å². The van der Waals surface area contributed by atoms with Crippen LogP contribution in [0.15, 0.2) is 22.7 Å². The summed E-state index contributed by atoms with van der Waals surface area (Å²) in [5, 5.41) is 3.23. The third kappa shape index (κ3) is 5.06. The molecule has 0 heterocycles. The first-order chi connectivity index (χ1) is 8.67. The normalized spacial score (nSPS) is 10.2. The standard InChI is InChI=1S/C13H18BrNO3/c1-3-15-8-10-7-11(14)5-6-12(10)18-9-13(16)17-4-2/h5-7,15H,3-4,8-9H2,1-2H3. The van der Waals surface area contributed by atoms with Crippen LogP contribution in [-0.4, -0.2) is 25.7 Å². The topological polar surface area (TPSA) is 47.6 Å². The van der Waals surface area contributed by atoms with Crippen molar-refractivity contribution in [2.24, 2.45) is 0 Å². The Morgan fingerprint density at radius 2 is 2.17 bits per heavy atom. The second-order valence-electron chi connectivity index (χ2n) is 3.63. The van der Waals surface area contributed by atoms with Gasteiger partial charge in [-0.25, -0.2) is 4.79 Å². The molecular weight excluding hydrogens is 298 g/mol. The van der Waals surface area contributed by atoms with Crippen LogP contribution < -0.4 is 10.1 Å². The van der Waals surface area contributed by atoms with Crippen molar-refractivity contribution in [3.8, 4) is 5.75 Å². The summed E-state index contributed by atoms with van der Waals surface area (Å²) in [5.41, 5.74) is 1.01. The molecule has 4 nitrogen and oxygen atoms in total. The molecular formula is C13H18BrNO3. The van der Waals surface area contributed by atoms with E-state index in [1.54, 1.807) is 6.92 Å². The first kappa shape index (κ1) is 15.0. The average molecular weight is 316 g/mol. The number of rotatable bonds is 7. The van der Waals surface area contributed by atoms with Crippen LogP contribution in [0.5, 0.6) is 5.75 Å². The molecule has 1 aromatic rings. The van der Waals surface area contributed by atoms with Crippen LogP contribution in [0.25, 0.3) is 0 Å². The van der Waals surface area contributed by atoms with Crippen LogP contribution >= 0.6 is 15.9 Å². The fraction of sp³-hybridized carbons (Fsp3) is 0.462. The van der Waals surface area contributed by atoms with Gasteiger partial charge in [-0.05, 0) is 31.7 Å². The Bertz CT molecular complexity index is 396. The van der Waals surface area contributed by atoms with Gasteiger partial charge in [0.15, 0.2) is 6.61 Å². The smallest absolute Gasteiger partial charge is 0.344 e. The molecule has 0 fully saturated rings. The van der Waals surface area contributed by atoms with Gasteiger partial charge in [-0.1, -0.05) is 22.9 Å². The Kier molecular flexibility index (Phi) is 6.75. The average Bonchev–Trinajstić information content (AvgIpc) is 2.35. The first-order valence-electron chi connectivity index (χ1n) is 5.95. The maximum absolute atomic E-state index is 11.2. The number of esters is 1.